The number of aromatic nitrogens is 1. The third-order valence-electron chi connectivity index (χ3n) is 5.11. The van der Waals surface area contributed by atoms with Crippen LogP contribution in [0.2, 0.25) is 0 Å². The van der Waals surface area contributed by atoms with Gasteiger partial charge in [-0.2, -0.15) is 5.26 Å². The van der Waals surface area contributed by atoms with Crippen molar-refractivity contribution in [2.24, 2.45) is 16.5 Å². The first-order valence-corrected chi connectivity index (χ1v) is 9.64. The standard InChI is InChI=1S/C23H21N5.CH2O/c24-14-19(23(26)27-18-7-4-8-18)22(25)17-10-9-16-11-12-20(28-21(16)13-17)15-5-2-1-3-6-15;1-2/h1-3,5-6,9-13,18H,4,7-8,25H2,(H2,26,27);1H2/b22-19-;. The van der Waals surface area contributed by atoms with Gasteiger partial charge in [-0.25, -0.2) is 4.98 Å². The predicted molar refractivity (Wildman–Crippen MR) is 120 cm³/mol. The molecule has 0 bridgehead atoms. The van der Waals surface area contributed by atoms with Crippen LogP contribution in [-0.4, -0.2) is 23.7 Å². The maximum atomic E-state index is 9.57. The topological polar surface area (TPSA) is 118 Å². The fourth-order valence-electron chi connectivity index (χ4n) is 3.23. The van der Waals surface area contributed by atoms with Crippen molar-refractivity contribution < 1.29 is 4.79 Å². The van der Waals surface area contributed by atoms with Gasteiger partial charge in [0, 0.05) is 16.5 Å². The molecule has 1 heterocycles. The van der Waals surface area contributed by atoms with Crippen LogP contribution in [0.25, 0.3) is 27.9 Å². The number of nitrogens with two attached hydrogens (primary N) is 2. The van der Waals surface area contributed by atoms with Crippen LogP contribution in [0.1, 0.15) is 24.8 Å². The number of carbonyl (C=O) groups is 1. The molecule has 0 saturated heterocycles. The van der Waals surface area contributed by atoms with E-state index >= 15 is 0 Å². The van der Waals surface area contributed by atoms with E-state index in [0.717, 1.165) is 41.4 Å². The fraction of sp³-hybridized carbons (Fsp3) is 0.167. The third kappa shape index (κ3) is 4.36. The average Bonchev–Trinajstić information content (AvgIpc) is 2.78. The van der Waals surface area contributed by atoms with E-state index in [9.17, 15) is 5.26 Å². The molecular formula is C24H23N5O. The van der Waals surface area contributed by atoms with Gasteiger partial charge in [-0.05, 0) is 31.4 Å². The van der Waals surface area contributed by atoms with Crippen LogP contribution in [0.15, 0.2) is 71.2 Å². The molecule has 0 amide bonds. The van der Waals surface area contributed by atoms with Crippen molar-refractivity contribution in [2.75, 3.05) is 0 Å². The lowest BCUT2D eigenvalue weighted by Crippen LogP contribution is -2.24. The molecule has 0 radical (unpaired) electrons. The second-order valence-corrected chi connectivity index (χ2v) is 6.97. The second kappa shape index (κ2) is 9.48. The van der Waals surface area contributed by atoms with Crippen LogP contribution in [0.5, 0.6) is 0 Å². The van der Waals surface area contributed by atoms with E-state index in [4.69, 9.17) is 21.2 Å². The highest BCUT2D eigenvalue weighted by atomic mass is 16.1. The number of hydrogen-bond donors (Lipinski definition) is 2. The first-order chi connectivity index (χ1) is 14.7. The van der Waals surface area contributed by atoms with Gasteiger partial charge in [-0.1, -0.05) is 48.5 Å². The molecule has 6 nitrogen and oxygen atoms in total. The number of amidine groups is 1. The smallest absolute Gasteiger partial charge is 0.138 e. The van der Waals surface area contributed by atoms with Gasteiger partial charge < -0.3 is 16.3 Å². The molecule has 150 valence electrons. The summed E-state index contributed by atoms with van der Waals surface area (Å²) in [6.07, 6.45) is 3.19. The number of nitriles is 1. The summed E-state index contributed by atoms with van der Waals surface area (Å²) in [6, 6.07) is 22.1. The summed E-state index contributed by atoms with van der Waals surface area (Å²) >= 11 is 0. The summed E-state index contributed by atoms with van der Waals surface area (Å²) in [7, 11) is 0. The number of rotatable bonds is 4. The van der Waals surface area contributed by atoms with Crippen molar-refractivity contribution >= 4 is 29.2 Å². The Morgan fingerprint density at radius 2 is 1.77 bits per heavy atom. The zero-order chi connectivity index (χ0) is 21.5. The van der Waals surface area contributed by atoms with Gasteiger partial charge in [0.05, 0.1) is 22.9 Å². The SMILES string of the molecule is C=O.N#C/C(C(N)=NC1CCC1)=C(/N)c1ccc2ccc(-c3ccccc3)nc2c1. The van der Waals surface area contributed by atoms with Crippen LogP contribution in [0.3, 0.4) is 0 Å². The molecule has 2 aromatic carbocycles. The minimum atomic E-state index is 0.211. The van der Waals surface area contributed by atoms with Crippen molar-refractivity contribution in [1.82, 2.24) is 4.98 Å². The van der Waals surface area contributed by atoms with E-state index in [2.05, 4.69) is 11.1 Å². The Balaban J connectivity index is 0.00000124. The summed E-state index contributed by atoms with van der Waals surface area (Å²) in [5, 5.41) is 10.6. The molecule has 0 unspecified atom stereocenters. The summed E-state index contributed by atoms with van der Waals surface area (Å²) in [6.45, 7) is 2.00. The average molecular weight is 397 g/mol. The first-order valence-electron chi connectivity index (χ1n) is 9.64. The van der Waals surface area contributed by atoms with Gasteiger partial charge in [-0.15, -0.1) is 0 Å². The summed E-state index contributed by atoms with van der Waals surface area (Å²) in [4.78, 5) is 17.2. The molecule has 1 fully saturated rings. The largest absolute Gasteiger partial charge is 0.397 e. The van der Waals surface area contributed by atoms with E-state index in [1.165, 1.54) is 0 Å². The number of pyridine rings is 1. The van der Waals surface area contributed by atoms with Crippen LogP contribution < -0.4 is 11.5 Å². The van der Waals surface area contributed by atoms with Crippen molar-refractivity contribution in [3.63, 3.8) is 0 Å². The Bertz CT molecular complexity index is 1140. The minimum absolute atomic E-state index is 0.211. The Hall–Kier alpha value is -3.98. The van der Waals surface area contributed by atoms with Gasteiger partial charge >= 0.3 is 0 Å². The maximum absolute atomic E-state index is 9.57. The lowest BCUT2D eigenvalue weighted by atomic mass is 9.93. The second-order valence-electron chi connectivity index (χ2n) is 6.97. The summed E-state index contributed by atoms with van der Waals surface area (Å²) < 4.78 is 0. The predicted octanol–water partition coefficient (Wildman–Crippen LogP) is 3.82. The number of hydrogen-bond acceptors (Lipinski definition) is 5. The van der Waals surface area contributed by atoms with Crippen molar-refractivity contribution in [1.29, 1.82) is 5.26 Å². The minimum Gasteiger partial charge on any atom is -0.397 e. The van der Waals surface area contributed by atoms with Crippen LogP contribution in [0.4, 0.5) is 0 Å². The van der Waals surface area contributed by atoms with Crippen LogP contribution in [-0.2, 0) is 4.79 Å². The molecule has 30 heavy (non-hydrogen) atoms. The molecule has 0 spiro atoms. The molecule has 3 aromatic rings. The fourth-order valence-corrected chi connectivity index (χ4v) is 3.23. The molecule has 4 N–H and O–H groups in total. The van der Waals surface area contributed by atoms with Crippen molar-refractivity contribution in [2.45, 2.75) is 25.3 Å². The number of aliphatic imine (C=N–C) groups is 1. The zero-order valence-corrected chi connectivity index (χ0v) is 16.6. The van der Waals surface area contributed by atoms with Crippen molar-refractivity contribution in [3.8, 4) is 17.3 Å². The summed E-state index contributed by atoms with van der Waals surface area (Å²) in [5.41, 5.74) is 16.4. The highest BCUT2D eigenvalue weighted by molar-refractivity contribution is 6.07. The zero-order valence-electron chi connectivity index (χ0n) is 16.6. The summed E-state index contributed by atoms with van der Waals surface area (Å²) in [5.74, 6) is 0.218. The normalized spacial score (nSPS) is 14.7. The number of fused-ring (bicyclic) bond motifs is 1. The van der Waals surface area contributed by atoms with Crippen molar-refractivity contribution in [3.05, 3.63) is 71.8 Å². The van der Waals surface area contributed by atoms with E-state index < -0.39 is 0 Å². The first kappa shape index (κ1) is 20.7. The molecular weight excluding hydrogens is 374 g/mol. The van der Waals surface area contributed by atoms with E-state index in [1.807, 2.05) is 67.5 Å². The van der Waals surface area contributed by atoms with Gasteiger partial charge in [0.1, 0.15) is 24.3 Å². The lowest BCUT2D eigenvalue weighted by molar-refractivity contribution is -0.0979. The molecule has 0 atom stereocenters. The van der Waals surface area contributed by atoms with Crippen LogP contribution in [0, 0.1) is 11.3 Å². The molecule has 1 aliphatic rings. The molecule has 6 heteroatoms. The molecule has 4 rings (SSSR count). The van der Waals surface area contributed by atoms with Gasteiger partial charge in [0.25, 0.3) is 0 Å². The van der Waals surface area contributed by atoms with E-state index in [-0.39, 0.29) is 17.5 Å². The Morgan fingerprint density at radius 1 is 1.07 bits per heavy atom. The number of nitrogens with zero attached hydrogens (tertiary/aromatic N) is 3. The quantitative estimate of drug-likeness (QED) is 0.394. The maximum Gasteiger partial charge on any atom is 0.138 e. The molecule has 1 aliphatic carbocycles. The molecule has 0 aliphatic heterocycles. The van der Waals surface area contributed by atoms with E-state index in [0.29, 0.717) is 11.3 Å². The number of carbonyl (C=O) groups excluding carboxylic acids is 1. The monoisotopic (exact) mass is 397 g/mol. The molecule has 1 saturated carbocycles. The highest BCUT2D eigenvalue weighted by Crippen LogP contribution is 2.25. The van der Waals surface area contributed by atoms with Gasteiger partial charge in [-0.3, -0.25) is 4.99 Å². The highest BCUT2D eigenvalue weighted by Gasteiger charge is 2.18. The van der Waals surface area contributed by atoms with Gasteiger partial charge in [0.2, 0.25) is 0 Å². The lowest BCUT2D eigenvalue weighted by Gasteiger charge is -2.21. The van der Waals surface area contributed by atoms with E-state index in [1.54, 1.807) is 0 Å². The van der Waals surface area contributed by atoms with Crippen LogP contribution >= 0.6 is 0 Å². The van der Waals surface area contributed by atoms with Gasteiger partial charge in [0.15, 0.2) is 0 Å². The third-order valence-corrected chi connectivity index (χ3v) is 5.11. The Labute approximate surface area is 175 Å². The number of benzene rings is 2. The molecule has 1 aromatic heterocycles. The Kier molecular flexibility index (Phi) is 6.56. The Morgan fingerprint density at radius 3 is 2.40 bits per heavy atom.